The van der Waals surface area contributed by atoms with Gasteiger partial charge in [-0.25, -0.2) is 22.9 Å². The Balaban J connectivity index is 0.000000143. The zero-order chi connectivity index (χ0) is 42.4. The summed E-state index contributed by atoms with van der Waals surface area (Å²) in [5, 5.41) is 16.8. The molecular weight excluding hydrogens is 795 g/mol. The van der Waals surface area contributed by atoms with Gasteiger partial charge in [0.05, 0.1) is 34.0 Å². The van der Waals surface area contributed by atoms with Gasteiger partial charge in [0, 0.05) is 69.8 Å². The molecule has 1 saturated carbocycles. The summed E-state index contributed by atoms with van der Waals surface area (Å²) in [6.45, 7) is 6.49. The summed E-state index contributed by atoms with van der Waals surface area (Å²) in [7, 11) is 3.60. The first-order valence-corrected chi connectivity index (χ1v) is 20.9. The number of carbonyl (C=O) groups excluding carboxylic acids is 2. The third-order valence-corrected chi connectivity index (χ3v) is 12.1. The van der Waals surface area contributed by atoms with Crippen LogP contribution in [-0.2, 0) is 16.6 Å². The van der Waals surface area contributed by atoms with Crippen molar-refractivity contribution in [1.29, 1.82) is 5.26 Å². The van der Waals surface area contributed by atoms with Gasteiger partial charge < -0.3 is 19.2 Å². The minimum absolute atomic E-state index is 0.0344. The lowest BCUT2D eigenvalue weighted by Crippen LogP contribution is -2.64. The molecule has 1 aliphatic carbocycles. The maximum absolute atomic E-state index is 14.4. The van der Waals surface area contributed by atoms with E-state index >= 15 is 0 Å². The van der Waals surface area contributed by atoms with Gasteiger partial charge in [-0.15, -0.1) is 0 Å². The molecule has 3 aromatic carbocycles. The van der Waals surface area contributed by atoms with Gasteiger partial charge in [-0.1, -0.05) is 26.2 Å². The number of H-pyrrole nitrogens is 1. The van der Waals surface area contributed by atoms with Gasteiger partial charge in [-0.05, 0) is 81.3 Å². The van der Waals surface area contributed by atoms with Crippen molar-refractivity contribution in [3.05, 3.63) is 82.4 Å². The number of amides is 3. The second kappa shape index (κ2) is 18.8. The molecule has 3 amide bonds. The largest absolute Gasteiger partial charge is 0.453 e. The van der Waals surface area contributed by atoms with Crippen molar-refractivity contribution in [3.8, 4) is 17.6 Å². The summed E-state index contributed by atoms with van der Waals surface area (Å²) >= 11 is 1.28. The number of nitrogens with zero attached hydrogens (tertiary/aromatic N) is 7. The maximum Gasteiger partial charge on any atom is 0.329 e. The van der Waals surface area contributed by atoms with Crippen LogP contribution in [0.5, 0.6) is 11.5 Å². The second-order valence-corrected chi connectivity index (χ2v) is 16.3. The molecule has 9 rings (SSSR count). The van der Waals surface area contributed by atoms with Crippen molar-refractivity contribution in [2.24, 2.45) is 7.05 Å². The molecule has 5 heterocycles. The smallest absolute Gasteiger partial charge is 0.329 e. The van der Waals surface area contributed by atoms with Gasteiger partial charge in [-0.3, -0.25) is 29.4 Å². The van der Waals surface area contributed by atoms with Crippen molar-refractivity contribution in [2.45, 2.75) is 69.9 Å². The molecule has 0 unspecified atom stereocenters. The number of urea groups is 1. The number of benzene rings is 3. The van der Waals surface area contributed by atoms with Crippen LogP contribution in [0.15, 0.2) is 59.7 Å². The molecule has 316 valence electrons. The number of hydrogen-bond acceptors (Lipinski definition) is 12. The highest BCUT2D eigenvalue weighted by atomic mass is 32.2. The summed E-state index contributed by atoms with van der Waals surface area (Å²) in [4.78, 5) is 45.4. The zero-order valence-corrected chi connectivity index (χ0v) is 34.6. The number of aromatic amines is 1. The SMILES string of the molecule is C1CCC(N2CC3(CCCO3)C2)CC1.CCN(C)SNc1ccc(F)c(Oc2ccc3nc[nH]c(=O)c3c2)c1C#N.Cn1nc(N2CCC(=O)NC2=O)c2cc(F)ccc21. The Morgan fingerprint density at radius 2 is 1.87 bits per heavy atom. The van der Waals surface area contributed by atoms with Crippen LogP contribution in [0.2, 0.25) is 0 Å². The summed E-state index contributed by atoms with van der Waals surface area (Å²) in [5.41, 5.74) is 1.66. The van der Waals surface area contributed by atoms with Gasteiger partial charge in [0.15, 0.2) is 17.4 Å². The number of aromatic nitrogens is 4. The van der Waals surface area contributed by atoms with E-state index < -0.39 is 17.7 Å². The molecule has 4 aliphatic rings. The number of likely N-dealkylation sites (tertiary alicyclic amines) is 1. The Labute approximate surface area is 350 Å². The lowest BCUT2D eigenvalue weighted by molar-refractivity contribution is -0.130. The molecular formula is C42H48F2N10O5S. The molecule has 3 N–H and O–H groups in total. The minimum atomic E-state index is -0.675. The standard InChI is InChI=1S/C18H16FN5O2S.C12H11FN4O2.C12H21NO/c1-3-24(2)27-23-16-7-5-14(19)17(13(16)9-20)26-11-4-6-15-12(8-11)18(25)22-10-21-15;1-16-9-3-2-7(13)6-8(9)11(15-16)17-5-4-10(18)14-12(17)19;1-2-5-11(6-3-1)13-9-12(10-13)7-4-8-14-12/h4-8,10,23H,3H2,1-2H3,(H,21,22,25);2-3,6H,4-5H2,1H3,(H,14,18,19);11H,1-10H2. The van der Waals surface area contributed by atoms with Crippen LogP contribution in [-0.4, -0.2) is 92.4 Å². The van der Waals surface area contributed by atoms with E-state index in [1.807, 2.05) is 24.3 Å². The molecule has 5 aromatic rings. The average molecular weight is 843 g/mol. The number of halogens is 2. The van der Waals surface area contributed by atoms with Crippen molar-refractivity contribution < 1.29 is 27.8 Å². The number of fused-ring (bicyclic) bond motifs is 2. The molecule has 3 saturated heterocycles. The lowest BCUT2D eigenvalue weighted by Gasteiger charge is -2.51. The maximum atomic E-state index is 14.4. The molecule has 4 fully saturated rings. The lowest BCUT2D eigenvalue weighted by atomic mass is 9.85. The molecule has 60 heavy (non-hydrogen) atoms. The average Bonchev–Trinajstić information content (AvgIpc) is 3.86. The molecule has 18 heteroatoms. The number of carbonyl (C=O) groups is 2. The first kappa shape index (κ1) is 42.5. The normalized spacial score (nSPS) is 17.7. The minimum Gasteiger partial charge on any atom is -0.453 e. The van der Waals surface area contributed by atoms with E-state index in [9.17, 15) is 28.4 Å². The fourth-order valence-electron chi connectivity index (χ4n) is 7.86. The van der Waals surface area contributed by atoms with Gasteiger partial charge in [-0.2, -0.15) is 10.4 Å². The van der Waals surface area contributed by atoms with E-state index in [-0.39, 0.29) is 41.5 Å². The van der Waals surface area contributed by atoms with E-state index in [0.717, 1.165) is 24.7 Å². The predicted molar refractivity (Wildman–Crippen MR) is 226 cm³/mol. The first-order chi connectivity index (χ1) is 29.0. The Morgan fingerprint density at radius 1 is 1.07 bits per heavy atom. The summed E-state index contributed by atoms with van der Waals surface area (Å²) in [6.07, 6.45) is 11.4. The van der Waals surface area contributed by atoms with Crippen LogP contribution in [0.4, 0.5) is 25.1 Å². The third-order valence-electron chi connectivity index (χ3n) is 11.2. The number of nitriles is 1. The van der Waals surface area contributed by atoms with Gasteiger partial charge in [0.1, 0.15) is 23.2 Å². The molecule has 1 spiro atoms. The Kier molecular flexibility index (Phi) is 13.3. The van der Waals surface area contributed by atoms with Crippen molar-refractivity contribution in [1.82, 2.24) is 34.3 Å². The first-order valence-electron chi connectivity index (χ1n) is 20.1. The van der Waals surface area contributed by atoms with E-state index in [1.165, 1.54) is 112 Å². The number of nitrogens with one attached hydrogen (secondary N) is 3. The molecule has 3 aliphatic heterocycles. The highest BCUT2D eigenvalue weighted by Crippen LogP contribution is 2.39. The van der Waals surface area contributed by atoms with E-state index in [4.69, 9.17) is 9.47 Å². The quantitative estimate of drug-likeness (QED) is 0.137. The number of ether oxygens (including phenoxy) is 2. The second-order valence-electron chi connectivity index (χ2n) is 15.3. The molecule has 0 atom stereocenters. The molecule has 15 nitrogen and oxygen atoms in total. The van der Waals surface area contributed by atoms with Gasteiger partial charge in [0.25, 0.3) is 5.56 Å². The van der Waals surface area contributed by atoms with Crippen LogP contribution in [0.25, 0.3) is 21.8 Å². The fraction of sp³-hybridized carbons (Fsp3) is 0.429. The van der Waals surface area contributed by atoms with E-state index in [0.29, 0.717) is 33.4 Å². The van der Waals surface area contributed by atoms with Crippen LogP contribution >= 0.6 is 12.1 Å². The number of rotatable bonds is 8. The van der Waals surface area contributed by atoms with Crippen LogP contribution in [0, 0.1) is 23.0 Å². The predicted octanol–water partition coefficient (Wildman–Crippen LogP) is 7.00. The Hall–Kier alpha value is -5.61. The van der Waals surface area contributed by atoms with E-state index in [2.05, 4.69) is 30.0 Å². The monoisotopic (exact) mass is 842 g/mol. The fourth-order valence-corrected chi connectivity index (χ4v) is 8.42. The summed E-state index contributed by atoms with van der Waals surface area (Å²) in [6, 6.07) is 14.0. The van der Waals surface area contributed by atoms with E-state index in [1.54, 1.807) is 29.9 Å². The number of imide groups is 1. The Morgan fingerprint density at radius 3 is 2.58 bits per heavy atom. The zero-order valence-electron chi connectivity index (χ0n) is 33.8. The third kappa shape index (κ3) is 9.55. The molecule has 0 bridgehead atoms. The number of hydrogen-bond donors (Lipinski definition) is 3. The van der Waals surface area contributed by atoms with Crippen molar-refractivity contribution >= 4 is 57.4 Å². The topological polar surface area (TPSA) is 174 Å². The van der Waals surface area contributed by atoms with Crippen molar-refractivity contribution in [3.63, 3.8) is 0 Å². The number of anilines is 2. The Bertz CT molecular complexity index is 2450. The van der Waals surface area contributed by atoms with Crippen LogP contribution in [0.1, 0.15) is 63.9 Å². The van der Waals surface area contributed by atoms with Gasteiger partial charge in [0.2, 0.25) is 5.91 Å². The van der Waals surface area contributed by atoms with Crippen molar-refractivity contribution in [2.75, 3.05) is 49.5 Å². The highest BCUT2D eigenvalue weighted by molar-refractivity contribution is 7.98. The van der Waals surface area contributed by atoms with Crippen LogP contribution in [0.3, 0.4) is 0 Å². The number of aryl methyl sites for hydroxylation is 1. The summed E-state index contributed by atoms with van der Waals surface area (Å²) in [5.74, 6) is -0.996. The van der Waals surface area contributed by atoms with Gasteiger partial charge >= 0.3 is 6.03 Å². The summed E-state index contributed by atoms with van der Waals surface area (Å²) < 4.78 is 45.7. The molecule has 2 aromatic heterocycles. The molecule has 0 radical (unpaired) electrons. The van der Waals surface area contributed by atoms with Crippen LogP contribution < -0.4 is 25.2 Å². The highest BCUT2D eigenvalue weighted by Gasteiger charge is 2.48.